The number of aryl methyl sites for hydroxylation is 1. The number of anilines is 1. The topological polar surface area (TPSA) is 63.7 Å². The van der Waals surface area contributed by atoms with Crippen molar-refractivity contribution in [1.82, 2.24) is 9.88 Å². The van der Waals surface area contributed by atoms with Crippen LogP contribution in [-0.2, 0) is 16.0 Å². The van der Waals surface area contributed by atoms with Gasteiger partial charge in [-0.3, -0.25) is 10.2 Å². The number of nitrogens with zero attached hydrogens (tertiary/aromatic N) is 2. The second kappa shape index (κ2) is 7.91. The molecule has 1 N–H and O–H groups in total. The molecule has 1 amide bonds. The van der Waals surface area contributed by atoms with Crippen molar-refractivity contribution in [2.45, 2.75) is 64.5 Å². The molecule has 2 saturated heterocycles. The number of amides is 1. The first-order chi connectivity index (χ1) is 13.0. The molecule has 0 bridgehead atoms. The van der Waals surface area contributed by atoms with Crippen molar-refractivity contribution in [1.29, 1.82) is 0 Å². The summed E-state index contributed by atoms with van der Waals surface area (Å²) in [4.78, 5) is 18.4. The summed E-state index contributed by atoms with van der Waals surface area (Å²) in [5.41, 5.74) is 2.11. The van der Waals surface area contributed by atoms with E-state index in [4.69, 9.17) is 9.47 Å². The molecule has 6 nitrogen and oxygen atoms in total. The van der Waals surface area contributed by atoms with Crippen LogP contribution < -0.4 is 5.32 Å². The lowest BCUT2D eigenvalue weighted by Gasteiger charge is -2.23. The Bertz CT molecular complexity index is 728. The van der Waals surface area contributed by atoms with Crippen molar-refractivity contribution < 1.29 is 23.0 Å². The van der Waals surface area contributed by atoms with Crippen molar-refractivity contribution in [3.8, 4) is 0 Å². The van der Waals surface area contributed by atoms with E-state index in [1.807, 2.05) is 6.92 Å². The van der Waals surface area contributed by atoms with Crippen molar-refractivity contribution in [2.24, 2.45) is 0 Å². The van der Waals surface area contributed by atoms with E-state index in [2.05, 4.69) is 10.3 Å². The molecule has 156 valence electrons. The Labute approximate surface area is 164 Å². The highest BCUT2D eigenvalue weighted by molar-refractivity contribution is 5.83. The summed E-state index contributed by atoms with van der Waals surface area (Å²) >= 11 is 0. The van der Waals surface area contributed by atoms with Gasteiger partial charge in [0.1, 0.15) is 11.4 Å². The average molecular weight is 397 g/mol. The maximum Gasteiger partial charge on any atom is 0.413 e. The van der Waals surface area contributed by atoms with Gasteiger partial charge in [-0.15, -0.1) is 0 Å². The van der Waals surface area contributed by atoms with E-state index >= 15 is 0 Å². The maximum absolute atomic E-state index is 13.6. The Morgan fingerprint density at radius 1 is 1.46 bits per heavy atom. The molecule has 2 fully saturated rings. The zero-order valence-corrected chi connectivity index (χ0v) is 17.0. The van der Waals surface area contributed by atoms with E-state index < -0.39 is 17.6 Å². The van der Waals surface area contributed by atoms with Gasteiger partial charge in [-0.05, 0) is 51.3 Å². The van der Waals surface area contributed by atoms with Crippen LogP contribution >= 0.6 is 0 Å². The van der Waals surface area contributed by atoms with Gasteiger partial charge in [-0.2, -0.15) is 0 Å². The second-order valence-electron chi connectivity index (χ2n) is 8.69. The Balaban J connectivity index is 1.85. The number of ether oxygens (including phenoxy) is 2. The maximum atomic E-state index is 13.6. The Hall–Kier alpha value is -1.80. The third-order valence-corrected chi connectivity index (χ3v) is 4.93. The van der Waals surface area contributed by atoms with Gasteiger partial charge >= 0.3 is 6.09 Å². The van der Waals surface area contributed by atoms with Crippen molar-refractivity contribution >= 4 is 11.9 Å². The fourth-order valence-electron chi connectivity index (χ4n) is 3.81. The number of pyridine rings is 1. The van der Waals surface area contributed by atoms with E-state index in [1.165, 1.54) is 0 Å². The predicted octanol–water partition coefficient (Wildman–Crippen LogP) is 4.08. The minimum atomic E-state index is -2.65. The molecule has 8 heteroatoms. The summed E-state index contributed by atoms with van der Waals surface area (Å²) in [6.45, 7) is 8.99. The zero-order chi connectivity index (χ0) is 20.5. The number of carbonyl (C=O) groups is 1. The highest BCUT2D eigenvalue weighted by atomic mass is 19.3. The number of likely N-dealkylation sites (tertiary alicyclic amines) is 1. The molecule has 2 aliphatic rings. The third-order valence-electron chi connectivity index (χ3n) is 4.93. The SMILES string of the molecule is Cc1cc(NC(=O)OC(C)(C)C)nc(CN2CCC(F)(F)C2)c1C1CCOC1. The fraction of sp³-hybridized carbons (Fsp3) is 0.700. The molecule has 1 atom stereocenters. The van der Waals surface area contributed by atoms with Gasteiger partial charge in [0.05, 0.1) is 18.8 Å². The Kier molecular flexibility index (Phi) is 5.91. The minimum Gasteiger partial charge on any atom is -0.444 e. The summed E-state index contributed by atoms with van der Waals surface area (Å²) in [5, 5.41) is 2.67. The van der Waals surface area contributed by atoms with Crippen molar-refractivity contribution in [2.75, 3.05) is 31.6 Å². The van der Waals surface area contributed by atoms with Crippen LogP contribution in [0.4, 0.5) is 19.4 Å². The van der Waals surface area contributed by atoms with Gasteiger partial charge in [0, 0.05) is 32.0 Å². The van der Waals surface area contributed by atoms with Gasteiger partial charge in [-0.25, -0.2) is 18.6 Å². The average Bonchev–Trinajstić information content (AvgIpc) is 3.14. The Morgan fingerprint density at radius 3 is 2.79 bits per heavy atom. The van der Waals surface area contributed by atoms with E-state index in [1.54, 1.807) is 31.7 Å². The first kappa shape index (κ1) is 20.9. The first-order valence-electron chi connectivity index (χ1n) is 9.71. The highest BCUT2D eigenvalue weighted by Crippen LogP contribution is 2.34. The largest absolute Gasteiger partial charge is 0.444 e. The lowest BCUT2D eigenvalue weighted by molar-refractivity contribution is 0.0113. The number of alkyl halides is 2. The Morgan fingerprint density at radius 2 is 2.21 bits per heavy atom. The summed E-state index contributed by atoms with van der Waals surface area (Å²) in [6, 6.07) is 1.81. The summed E-state index contributed by atoms with van der Waals surface area (Å²) < 4.78 is 38.1. The number of nitrogens with one attached hydrogen (secondary N) is 1. The lowest BCUT2D eigenvalue weighted by atomic mass is 9.92. The zero-order valence-electron chi connectivity index (χ0n) is 17.0. The molecule has 0 radical (unpaired) electrons. The van der Waals surface area contributed by atoms with Crippen LogP contribution in [0.3, 0.4) is 0 Å². The molecule has 0 spiro atoms. The predicted molar refractivity (Wildman–Crippen MR) is 102 cm³/mol. The van der Waals surface area contributed by atoms with Crippen molar-refractivity contribution in [3.05, 3.63) is 22.9 Å². The summed E-state index contributed by atoms with van der Waals surface area (Å²) in [5.74, 6) is -2.09. The number of carbonyl (C=O) groups excluding carboxylic acids is 1. The van der Waals surface area contributed by atoms with Crippen LogP contribution in [0.15, 0.2) is 6.07 Å². The standard InChI is InChI=1S/C20H29F2N3O3/c1-13-9-16(24-18(26)28-19(2,3)4)23-15(17(13)14-5-8-27-11-14)10-25-7-6-20(21,22)12-25/h9,14H,5-8,10-12H2,1-4H3,(H,23,24,26). The number of aromatic nitrogens is 1. The molecule has 1 aromatic heterocycles. The fourth-order valence-corrected chi connectivity index (χ4v) is 3.81. The normalized spacial score (nSPS) is 22.4. The van der Waals surface area contributed by atoms with Gasteiger partial charge in [0.15, 0.2) is 0 Å². The molecule has 0 saturated carbocycles. The van der Waals surface area contributed by atoms with Crippen LogP contribution in [0.25, 0.3) is 0 Å². The molecule has 2 aliphatic heterocycles. The van der Waals surface area contributed by atoms with Gasteiger partial charge < -0.3 is 9.47 Å². The molecule has 1 aromatic rings. The summed E-state index contributed by atoms with van der Waals surface area (Å²) in [7, 11) is 0. The lowest BCUT2D eigenvalue weighted by Crippen LogP contribution is -2.28. The molecule has 0 aliphatic carbocycles. The number of hydrogen-bond acceptors (Lipinski definition) is 5. The molecule has 3 heterocycles. The van der Waals surface area contributed by atoms with Crippen LogP contribution in [0.2, 0.25) is 0 Å². The number of rotatable bonds is 4. The van der Waals surface area contributed by atoms with E-state index in [9.17, 15) is 13.6 Å². The smallest absolute Gasteiger partial charge is 0.413 e. The van der Waals surface area contributed by atoms with E-state index in [-0.39, 0.29) is 18.9 Å². The molecule has 1 unspecified atom stereocenters. The third kappa shape index (κ3) is 5.38. The van der Waals surface area contributed by atoms with Crippen LogP contribution in [0, 0.1) is 6.92 Å². The summed E-state index contributed by atoms with van der Waals surface area (Å²) in [6.07, 6.45) is 0.156. The molecule has 28 heavy (non-hydrogen) atoms. The second-order valence-corrected chi connectivity index (χ2v) is 8.69. The van der Waals surface area contributed by atoms with Gasteiger partial charge in [0.2, 0.25) is 0 Å². The van der Waals surface area contributed by atoms with Crippen molar-refractivity contribution in [3.63, 3.8) is 0 Å². The highest BCUT2D eigenvalue weighted by Gasteiger charge is 2.38. The molecular weight excluding hydrogens is 368 g/mol. The van der Waals surface area contributed by atoms with Crippen LogP contribution in [-0.4, -0.2) is 53.8 Å². The quantitative estimate of drug-likeness (QED) is 0.829. The van der Waals surface area contributed by atoms with E-state index in [0.29, 0.717) is 32.1 Å². The van der Waals surface area contributed by atoms with Gasteiger partial charge in [0.25, 0.3) is 5.92 Å². The number of halogens is 2. The van der Waals surface area contributed by atoms with E-state index in [0.717, 1.165) is 23.2 Å². The van der Waals surface area contributed by atoms with Crippen LogP contribution in [0.5, 0.6) is 0 Å². The first-order valence-corrected chi connectivity index (χ1v) is 9.71. The van der Waals surface area contributed by atoms with Crippen LogP contribution in [0.1, 0.15) is 56.4 Å². The van der Waals surface area contributed by atoms with Gasteiger partial charge in [-0.1, -0.05) is 0 Å². The number of hydrogen-bond donors (Lipinski definition) is 1. The molecule has 0 aromatic carbocycles. The molecular formula is C20H29F2N3O3. The minimum absolute atomic E-state index is 0.135. The molecule has 3 rings (SSSR count). The monoisotopic (exact) mass is 397 g/mol.